The molecule has 2 fully saturated rings. The van der Waals surface area contributed by atoms with Crippen molar-refractivity contribution in [2.75, 3.05) is 59.5 Å². The number of hydrogen-bond acceptors (Lipinski definition) is 13. The number of sulfonamides is 2. The normalized spacial score (nSPS) is 19.6. The maximum atomic E-state index is 13.1. The second-order valence-corrected chi connectivity index (χ2v) is 23.3. The van der Waals surface area contributed by atoms with E-state index >= 15 is 0 Å². The van der Waals surface area contributed by atoms with Gasteiger partial charge in [0.2, 0.25) is 0 Å². The number of ether oxygens (including phenoxy) is 2. The maximum Gasteiger partial charge on any atom is 0.302 e. The number of nitrogens with zero attached hydrogens (tertiary/aromatic N) is 6. The Labute approximate surface area is 399 Å². The molecule has 0 saturated carbocycles. The van der Waals surface area contributed by atoms with Crippen molar-refractivity contribution in [2.24, 2.45) is 0 Å². The molecular formula is C43H46Cl2N8O9S4. The molecule has 2 N–H and O–H groups in total. The number of piperazine rings is 2. The number of aromatic amines is 2. The van der Waals surface area contributed by atoms with Crippen molar-refractivity contribution < 1.29 is 40.7 Å². The molecule has 2 amide bonds. The summed E-state index contributed by atoms with van der Waals surface area (Å²) in [5.74, 6) is -0.630. The SMILES string of the molecule is CC(=O)OC1CCc2nc(C(=O)N3CCN(S(=O)(=O)c4cc5cc(Cl)ccc5[nH]4)CC3)sc2C1.COC1CCc2nc(C(=O)N3CCN(S(=O)(=O)c4cc5cc(Cl)ccc5[nH]4)CC3)sc2C1. The van der Waals surface area contributed by atoms with Gasteiger partial charge < -0.3 is 29.2 Å². The first kappa shape index (κ1) is 46.7. The molecular weight excluding hydrogens is 972 g/mol. The highest BCUT2D eigenvalue weighted by Gasteiger charge is 2.35. The first-order chi connectivity index (χ1) is 31.5. The molecule has 10 rings (SSSR count). The number of halogens is 2. The summed E-state index contributed by atoms with van der Waals surface area (Å²) in [5, 5.41) is 3.68. The lowest BCUT2D eigenvalue weighted by atomic mass is 10.00. The van der Waals surface area contributed by atoms with Crippen molar-refractivity contribution in [1.82, 2.24) is 38.3 Å². The Morgan fingerprint density at radius 3 is 1.50 bits per heavy atom. The highest BCUT2D eigenvalue weighted by molar-refractivity contribution is 7.89. The van der Waals surface area contributed by atoms with Crippen LogP contribution in [-0.4, -0.2) is 145 Å². The third-order valence-corrected chi connectivity index (χ3v) is 18.6. The quantitative estimate of drug-likeness (QED) is 0.175. The van der Waals surface area contributed by atoms with Crippen molar-refractivity contribution in [3.8, 4) is 0 Å². The van der Waals surface area contributed by atoms with Gasteiger partial charge in [0.05, 0.1) is 17.5 Å². The zero-order valence-corrected chi connectivity index (χ0v) is 40.7. The van der Waals surface area contributed by atoms with Crippen molar-refractivity contribution in [3.63, 3.8) is 0 Å². The smallest absolute Gasteiger partial charge is 0.302 e. The number of H-pyrrole nitrogens is 2. The first-order valence-electron chi connectivity index (χ1n) is 21.4. The summed E-state index contributed by atoms with van der Waals surface area (Å²) in [6.45, 7) is 3.49. The predicted octanol–water partition coefficient (Wildman–Crippen LogP) is 5.77. The largest absolute Gasteiger partial charge is 0.462 e. The van der Waals surface area contributed by atoms with E-state index in [9.17, 15) is 31.2 Å². The Balaban J connectivity index is 0.000000166. The van der Waals surface area contributed by atoms with Gasteiger partial charge in [-0.3, -0.25) is 14.4 Å². The van der Waals surface area contributed by atoms with Gasteiger partial charge in [0.25, 0.3) is 31.9 Å². The fourth-order valence-corrected chi connectivity index (χ4v) is 14.2. The van der Waals surface area contributed by atoms with Gasteiger partial charge in [-0.2, -0.15) is 8.61 Å². The third-order valence-electron chi connectivity index (χ3n) is 12.2. The van der Waals surface area contributed by atoms with Crippen LogP contribution in [0.4, 0.5) is 0 Å². The molecule has 0 spiro atoms. The van der Waals surface area contributed by atoms with Crippen LogP contribution in [0.25, 0.3) is 21.8 Å². The summed E-state index contributed by atoms with van der Waals surface area (Å²) >= 11 is 14.8. The third kappa shape index (κ3) is 9.64. The highest BCUT2D eigenvalue weighted by Crippen LogP contribution is 2.32. The number of fused-ring (bicyclic) bond motifs is 4. The Kier molecular flexibility index (Phi) is 13.4. The second kappa shape index (κ2) is 18.9. The highest BCUT2D eigenvalue weighted by atomic mass is 35.5. The minimum atomic E-state index is -3.73. The lowest BCUT2D eigenvalue weighted by molar-refractivity contribution is -0.146. The van der Waals surface area contributed by atoms with Gasteiger partial charge in [-0.15, -0.1) is 22.7 Å². The van der Waals surface area contributed by atoms with Crippen LogP contribution >= 0.6 is 45.9 Å². The molecule has 17 nitrogen and oxygen atoms in total. The van der Waals surface area contributed by atoms with E-state index in [-0.39, 0.29) is 79.3 Å². The molecule has 4 aliphatic rings. The molecule has 0 radical (unpaired) electrons. The molecule has 350 valence electrons. The van der Waals surface area contributed by atoms with Crippen LogP contribution in [-0.2, 0) is 60.0 Å². The number of carbonyl (C=O) groups is 3. The Morgan fingerprint density at radius 1 is 0.652 bits per heavy atom. The summed E-state index contributed by atoms with van der Waals surface area (Å²) in [6, 6.07) is 13.5. The van der Waals surface area contributed by atoms with E-state index in [2.05, 4.69) is 19.9 Å². The molecule has 6 aromatic rings. The number of nitrogens with one attached hydrogen (secondary N) is 2. The van der Waals surface area contributed by atoms with Gasteiger partial charge in [0.1, 0.15) is 16.2 Å². The standard InChI is InChI=1S/C22H23ClN4O5S2.C21H23ClN4O4S2/c1-13(28)32-16-3-5-18-19(12-16)33-21(25-18)22(29)26-6-8-27(9-7-26)34(30,31)20-11-14-10-15(23)2-4-17(14)24-20;1-30-15-3-5-17-18(12-15)31-20(24-17)21(27)25-6-8-26(9-7-25)32(28,29)19-11-13-10-14(22)2-4-16(13)23-19/h2,4,10-11,16,24H,3,5-9,12H2,1H3;2,4,10-11,15,23H,3,5-9,12H2,1H3. The molecule has 23 heteroatoms. The molecule has 2 aliphatic heterocycles. The van der Waals surface area contributed by atoms with Gasteiger partial charge in [0, 0.05) is 121 Å². The van der Waals surface area contributed by atoms with Crippen molar-refractivity contribution in [3.05, 3.63) is 89.7 Å². The van der Waals surface area contributed by atoms with Gasteiger partial charge in [-0.05, 0) is 74.2 Å². The van der Waals surface area contributed by atoms with Crippen LogP contribution in [0.1, 0.15) is 60.5 Å². The molecule has 2 saturated heterocycles. The number of benzene rings is 2. The molecule has 0 bridgehead atoms. The van der Waals surface area contributed by atoms with Crippen LogP contribution in [0.15, 0.2) is 58.6 Å². The number of aromatic nitrogens is 4. The Bertz CT molecular complexity index is 3060. The van der Waals surface area contributed by atoms with Crippen LogP contribution in [0.5, 0.6) is 0 Å². The van der Waals surface area contributed by atoms with Crippen molar-refractivity contribution >= 4 is 106 Å². The molecule has 2 atom stereocenters. The number of esters is 1. The fourth-order valence-electron chi connectivity index (χ4n) is 8.65. The number of methoxy groups -OCH3 is 1. The van der Waals surface area contributed by atoms with E-state index in [0.717, 1.165) is 51.2 Å². The summed E-state index contributed by atoms with van der Waals surface area (Å²) < 4.78 is 66.1. The summed E-state index contributed by atoms with van der Waals surface area (Å²) in [4.78, 5) is 57.7. The minimum Gasteiger partial charge on any atom is -0.462 e. The lowest BCUT2D eigenvalue weighted by Crippen LogP contribution is -2.50. The lowest BCUT2D eigenvalue weighted by Gasteiger charge is -2.33. The number of aryl methyl sites for hydroxylation is 2. The van der Waals surface area contributed by atoms with Gasteiger partial charge >= 0.3 is 5.97 Å². The average Bonchev–Trinajstić information content (AvgIpc) is 4.13. The number of thiazole rings is 2. The average molecular weight is 1020 g/mol. The van der Waals surface area contributed by atoms with Gasteiger partial charge in [-0.25, -0.2) is 26.8 Å². The molecule has 2 aliphatic carbocycles. The Morgan fingerprint density at radius 2 is 1.08 bits per heavy atom. The van der Waals surface area contributed by atoms with E-state index in [0.29, 0.717) is 63.4 Å². The fraction of sp³-hybridized carbons (Fsp3) is 0.419. The first-order valence-corrected chi connectivity index (χ1v) is 26.6. The van der Waals surface area contributed by atoms with E-state index in [4.69, 9.17) is 32.7 Å². The second-order valence-electron chi connectivity index (χ2n) is 16.5. The predicted molar refractivity (Wildman–Crippen MR) is 251 cm³/mol. The van der Waals surface area contributed by atoms with Crippen LogP contribution in [0, 0.1) is 0 Å². The molecule has 4 aromatic heterocycles. The monoisotopic (exact) mass is 1020 g/mol. The molecule has 6 heterocycles. The van der Waals surface area contributed by atoms with E-state index in [1.165, 1.54) is 38.2 Å². The summed E-state index contributed by atoms with van der Waals surface area (Å²) in [7, 11) is -5.71. The Hall–Kier alpha value is -4.45. The topological polar surface area (TPSA) is 208 Å². The minimum absolute atomic E-state index is 0.111. The zero-order valence-electron chi connectivity index (χ0n) is 35.9. The molecule has 2 unspecified atom stereocenters. The number of amides is 2. The van der Waals surface area contributed by atoms with E-state index in [1.807, 2.05) is 0 Å². The van der Waals surface area contributed by atoms with Crippen LogP contribution < -0.4 is 0 Å². The summed E-state index contributed by atoms with van der Waals surface area (Å²) in [6.07, 6.45) is 4.46. The van der Waals surface area contributed by atoms with Crippen molar-refractivity contribution in [2.45, 2.75) is 67.7 Å². The summed E-state index contributed by atoms with van der Waals surface area (Å²) in [5.41, 5.74) is 3.29. The van der Waals surface area contributed by atoms with Crippen molar-refractivity contribution in [1.29, 1.82) is 0 Å². The molecule has 2 aromatic carbocycles. The maximum absolute atomic E-state index is 13.1. The molecule has 66 heavy (non-hydrogen) atoms. The number of carbonyl (C=O) groups excluding carboxylic acids is 3. The van der Waals surface area contributed by atoms with Gasteiger partial charge in [-0.1, -0.05) is 23.2 Å². The van der Waals surface area contributed by atoms with E-state index in [1.54, 1.807) is 65.4 Å². The number of hydrogen-bond donors (Lipinski definition) is 2. The van der Waals surface area contributed by atoms with E-state index < -0.39 is 20.0 Å². The van der Waals surface area contributed by atoms with Gasteiger partial charge in [0.15, 0.2) is 10.0 Å². The van der Waals surface area contributed by atoms with Crippen LogP contribution in [0.3, 0.4) is 0 Å². The number of rotatable bonds is 8. The zero-order chi connectivity index (χ0) is 46.5. The van der Waals surface area contributed by atoms with Crippen LogP contribution in [0.2, 0.25) is 10.0 Å².